The first kappa shape index (κ1) is 23.6. The Bertz CT molecular complexity index is 200. The summed E-state index contributed by atoms with van der Waals surface area (Å²) in [5.74, 6) is 1.81. The fraction of sp³-hybridized carbons (Fsp3) is 0.800. The predicted molar refractivity (Wildman–Crippen MR) is 93.4 cm³/mol. The highest BCUT2D eigenvalue weighted by molar-refractivity contribution is 9.20. The normalized spacial score (nSPS) is 12.2. The van der Waals surface area contributed by atoms with Crippen LogP contribution in [0, 0.1) is 0 Å². The van der Waals surface area contributed by atoms with Crippen LogP contribution in [0.25, 0.3) is 0 Å². The maximum atomic E-state index is 10.7. The fourth-order valence-corrected chi connectivity index (χ4v) is 1.17. The quantitative estimate of drug-likeness (QED) is 0.366. The zero-order valence-corrected chi connectivity index (χ0v) is 16.8. The van der Waals surface area contributed by atoms with Crippen molar-refractivity contribution in [3.63, 3.8) is 0 Å². The van der Waals surface area contributed by atoms with Crippen molar-refractivity contribution in [2.75, 3.05) is 11.5 Å². The summed E-state index contributed by atoms with van der Waals surface area (Å²) in [6.07, 6.45) is 0. The molecule has 0 saturated heterocycles. The minimum Gasteiger partial charge on any atom is -0.286 e. The van der Waals surface area contributed by atoms with Gasteiger partial charge < -0.3 is 0 Å². The van der Waals surface area contributed by atoms with E-state index in [0.717, 1.165) is 11.5 Å². The summed E-state index contributed by atoms with van der Waals surface area (Å²) in [6, 6.07) is 0. The molecule has 2 unspecified atom stereocenters. The molecular weight excluding hydrogens is 456 g/mol. The molecule has 0 spiro atoms. The van der Waals surface area contributed by atoms with Crippen molar-refractivity contribution in [3.8, 4) is 0 Å². The van der Waals surface area contributed by atoms with E-state index >= 15 is 0 Å². The molecule has 0 bridgehead atoms. The highest BCUT2D eigenvalue weighted by Gasteiger charge is 2.06. The first-order valence-corrected chi connectivity index (χ1v) is 9.23. The van der Waals surface area contributed by atoms with Crippen molar-refractivity contribution in [1.29, 1.82) is 0 Å². The largest absolute Gasteiger partial charge is 0.286 e. The van der Waals surface area contributed by atoms with E-state index in [2.05, 4.69) is 60.4 Å². The number of alkyl halides is 2. The summed E-state index contributed by atoms with van der Waals surface area (Å²) < 4.78 is -0.0116. The summed E-state index contributed by atoms with van der Waals surface area (Å²) in [5.41, 5.74) is 0. The van der Waals surface area contributed by atoms with Gasteiger partial charge >= 0.3 is 0 Å². The van der Waals surface area contributed by atoms with Gasteiger partial charge in [0.05, 0.1) is 9.65 Å². The second kappa shape index (κ2) is 17.5. The molecule has 0 radical (unpaired) electrons. The molecule has 17 heavy (non-hydrogen) atoms. The second-order valence-corrected chi connectivity index (χ2v) is 8.03. The van der Waals surface area contributed by atoms with Gasteiger partial charge in [-0.2, -0.15) is 12.6 Å². The maximum absolute atomic E-state index is 10.7. The molecule has 104 valence electrons. The fourth-order valence-electron chi connectivity index (χ4n) is 0.257. The summed E-state index contributed by atoms with van der Waals surface area (Å²) in [5, 5.41) is 0.215. The van der Waals surface area contributed by atoms with Crippen molar-refractivity contribution in [1.82, 2.24) is 0 Å². The van der Waals surface area contributed by atoms with Gasteiger partial charge in [-0.15, -0.1) is 0 Å². The third-order valence-corrected chi connectivity index (χ3v) is 4.29. The summed E-state index contributed by atoms with van der Waals surface area (Å²) in [4.78, 5) is 20.6. The SMILES string of the molecule is CC(Br)C(=O)Br.CCS.CCSC(=O)C(C)Br. The summed E-state index contributed by atoms with van der Waals surface area (Å²) in [7, 11) is 0. The van der Waals surface area contributed by atoms with Crippen LogP contribution in [-0.4, -0.2) is 31.0 Å². The average Bonchev–Trinajstić information content (AvgIpc) is 2.19. The van der Waals surface area contributed by atoms with Gasteiger partial charge in [-0.05, 0) is 41.3 Å². The zero-order chi connectivity index (χ0) is 14.4. The molecule has 2 nitrogen and oxygen atoms in total. The van der Waals surface area contributed by atoms with Crippen LogP contribution in [0.15, 0.2) is 0 Å². The minimum atomic E-state index is -0.0579. The molecule has 0 heterocycles. The molecule has 0 aromatic carbocycles. The van der Waals surface area contributed by atoms with Crippen LogP contribution in [0.3, 0.4) is 0 Å². The van der Waals surface area contributed by atoms with Crippen molar-refractivity contribution in [2.45, 2.75) is 37.3 Å². The Morgan fingerprint density at radius 1 is 1.18 bits per heavy atom. The Balaban J connectivity index is -0.000000193. The number of thiol groups is 1. The number of rotatable bonds is 3. The van der Waals surface area contributed by atoms with Crippen molar-refractivity contribution in [3.05, 3.63) is 0 Å². The smallest absolute Gasteiger partial charge is 0.211 e. The summed E-state index contributed by atoms with van der Waals surface area (Å²) in [6.45, 7) is 7.56. The zero-order valence-electron chi connectivity index (χ0n) is 10.4. The van der Waals surface area contributed by atoms with E-state index in [9.17, 15) is 9.59 Å². The molecule has 0 aliphatic heterocycles. The van der Waals surface area contributed by atoms with Gasteiger partial charge in [0.25, 0.3) is 0 Å². The van der Waals surface area contributed by atoms with E-state index < -0.39 is 0 Å². The number of carbonyl (C=O) groups is 2. The van der Waals surface area contributed by atoms with E-state index in [1.807, 2.05) is 20.8 Å². The van der Waals surface area contributed by atoms with Crippen LogP contribution in [0.2, 0.25) is 0 Å². The van der Waals surface area contributed by atoms with Gasteiger partial charge in [0.2, 0.25) is 9.81 Å². The van der Waals surface area contributed by atoms with Crippen LogP contribution in [0.1, 0.15) is 27.7 Å². The van der Waals surface area contributed by atoms with Crippen LogP contribution in [0.4, 0.5) is 0 Å². The lowest BCUT2D eigenvalue weighted by atomic mass is 10.6. The third kappa shape index (κ3) is 26.9. The van der Waals surface area contributed by atoms with E-state index in [1.165, 1.54) is 11.8 Å². The number of hydrogen-bond donors (Lipinski definition) is 1. The Kier molecular flexibility index (Phi) is 24.2. The maximum Gasteiger partial charge on any atom is 0.211 e. The Hall–Kier alpha value is 1.48. The van der Waals surface area contributed by atoms with Gasteiger partial charge in [-0.3, -0.25) is 9.59 Å². The topological polar surface area (TPSA) is 34.1 Å². The molecule has 0 amide bonds. The van der Waals surface area contributed by atoms with Gasteiger partial charge in [0, 0.05) is 0 Å². The van der Waals surface area contributed by atoms with Crippen LogP contribution in [-0.2, 0) is 9.59 Å². The molecule has 0 fully saturated rings. The highest BCUT2D eigenvalue weighted by Crippen LogP contribution is 2.10. The van der Waals surface area contributed by atoms with Crippen molar-refractivity contribution >= 4 is 82.0 Å². The van der Waals surface area contributed by atoms with Crippen molar-refractivity contribution in [2.24, 2.45) is 0 Å². The third-order valence-electron chi connectivity index (χ3n) is 0.924. The Morgan fingerprint density at radius 2 is 1.47 bits per heavy atom. The number of hydrogen-bond acceptors (Lipinski definition) is 4. The lowest BCUT2D eigenvalue weighted by Crippen LogP contribution is -2.03. The molecule has 0 aliphatic carbocycles. The van der Waals surface area contributed by atoms with Crippen LogP contribution >= 0.6 is 72.2 Å². The molecule has 0 saturated carbocycles. The highest BCUT2D eigenvalue weighted by atomic mass is 79.9. The molecule has 0 aliphatic rings. The van der Waals surface area contributed by atoms with E-state index in [0.29, 0.717) is 0 Å². The number of thioether (sulfide) groups is 1. The Labute approximate surface area is 139 Å². The van der Waals surface area contributed by atoms with E-state index in [1.54, 1.807) is 6.92 Å². The van der Waals surface area contributed by atoms with Gasteiger partial charge in [0.15, 0.2) is 0 Å². The molecule has 0 aromatic heterocycles. The predicted octanol–water partition coefficient (Wildman–Crippen LogP) is 4.68. The molecule has 7 heteroatoms. The molecule has 0 N–H and O–H groups in total. The van der Waals surface area contributed by atoms with Gasteiger partial charge in [0.1, 0.15) is 0 Å². The van der Waals surface area contributed by atoms with Gasteiger partial charge in [-0.1, -0.05) is 57.5 Å². The van der Waals surface area contributed by atoms with Crippen LogP contribution in [0.5, 0.6) is 0 Å². The second-order valence-electron chi connectivity index (χ2n) is 2.60. The minimum absolute atomic E-state index is 0.00690. The van der Waals surface area contributed by atoms with E-state index in [-0.39, 0.29) is 19.5 Å². The van der Waals surface area contributed by atoms with Gasteiger partial charge in [-0.25, -0.2) is 0 Å². The van der Waals surface area contributed by atoms with E-state index in [4.69, 9.17) is 0 Å². The lowest BCUT2D eigenvalue weighted by molar-refractivity contribution is -0.110. The average molecular weight is 475 g/mol. The monoisotopic (exact) mass is 472 g/mol. The molecule has 0 rings (SSSR count). The lowest BCUT2D eigenvalue weighted by Gasteiger charge is -1.96. The number of halogens is 3. The van der Waals surface area contributed by atoms with Crippen LogP contribution < -0.4 is 0 Å². The number of carbonyl (C=O) groups excluding carboxylic acids is 2. The summed E-state index contributed by atoms with van der Waals surface area (Å²) >= 11 is 14.1. The van der Waals surface area contributed by atoms with Crippen molar-refractivity contribution < 1.29 is 9.59 Å². The first-order chi connectivity index (χ1) is 7.74. The molecule has 2 atom stereocenters. The standard InChI is InChI=1S/C5H9BrOS.C3H4Br2O.C2H6S/c1-3-8-5(7)4(2)6;1-2(4)3(5)6;1-2-3/h4H,3H2,1-2H3;2H,1H3;3H,2H2,1H3. The molecular formula is C10H19Br3O2S2. The first-order valence-electron chi connectivity index (χ1n) is 4.99. The molecule has 0 aromatic rings. The Morgan fingerprint density at radius 3 is 1.53 bits per heavy atom.